The first-order chi connectivity index (χ1) is 9.24. The van der Waals surface area contributed by atoms with Crippen LogP contribution in [-0.2, 0) is 0 Å². The molecule has 0 atom stereocenters. The number of hydrogen-bond acceptors (Lipinski definition) is 2. The van der Waals surface area contributed by atoms with Crippen LogP contribution >= 0.6 is 11.6 Å². The highest BCUT2D eigenvalue weighted by Crippen LogP contribution is 2.29. The van der Waals surface area contributed by atoms with Crippen LogP contribution in [0, 0.1) is 0 Å². The average Bonchev–Trinajstić information content (AvgIpc) is 2.83. The second-order valence-electron chi connectivity index (χ2n) is 4.15. The fraction of sp³-hybridized carbons (Fsp3) is 0. The number of rotatable bonds is 2. The summed E-state index contributed by atoms with van der Waals surface area (Å²) < 4.78 is 1.65. The molecule has 0 saturated heterocycles. The maximum absolute atomic E-state index is 10.00. The molecule has 19 heavy (non-hydrogen) atoms. The molecule has 3 rings (SSSR count). The smallest absolute Gasteiger partial charge is 0.162 e. The van der Waals surface area contributed by atoms with Crippen molar-refractivity contribution in [3.8, 4) is 22.7 Å². The SMILES string of the molecule is Oc1cn(-c2ccccc2)nc1-c1ccc(Cl)cc1. The molecule has 0 fully saturated rings. The van der Waals surface area contributed by atoms with Gasteiger partial charge in [0.15, 0.2) is 5.75 Å². The van der Waals surface area contributed by atoms with Crippen LogP contribution in [0.3, 0.4) is 0 Å². The van der Waals surface area contributed by atoms with E-state index in [9.17, 15) is 5.11 Å². The van der Waals surface area contributed by atoms with Gasteiger partial charge in [0.2, 0.25) is 0 Å². The highest BCUT2D eigenvalue weighted by molar-refractivity contribution is 6.30. The lowest BCUT2D eigenvalue weighted by atomic mass is 10.1. The summed E-state index contributed by atoms with van der Waals surface area (Å²) in [5.74, 6) is 0.145. The molecule has 0 amide bonds. The first-order valence-corrected chi connectivity index (χ1v) is 6.22. The Bertz CT molecular complexity index is 690. The molecule has 4 heteroatoms. The van der Waals surface area contributed by atoms with Crippen LogP contribution in [0.1, 0.15) is 0 Å². The van der Waals surface area contributed by atoms with Crippen LogP contribution in [0.4, 0.5) is 0 Å². The summed E-state index contributed by atoms with van der Waals surface area (Å²) in [4.78, 5) is 0. The molecular weight excluding hydrogens is 260 g/mol. The zero-order chi connectivity index (χ0) is 13.2. The zero-order valence-corrected chi connectivity index (χ0v) is 10.7. The van der Waals surface area contributed by atoms with Gasteiger partial charge in [0.05, 0.1) is 11.9 Å². The minimum absolute atomic E-state index is 0.145. The Morgan fingerprint density at radius 1 is 0.947 bits per heavy atom. The van der Waals surface area contributed by atoms with Gasteiger partial charge in [-0.2, -0.15) is 5.10 Å². The predicted octanol–water partition coefficient (Wildman–Crippen LogP) is 3.90. The van der Waals surface area contributed by atoms with Crippen molar-refractivity contribution in [2.75, 3.05) is 0 Å². The van der Waals surface area contributed by atoms with Gasteiger partial charge in [0.25, 0.3) is 0 Å². The Labute approximate surface area is 115 Å². The van der Waals surface area contributed by atoms with Crippen molar-refractivity contribution in [1.29, 1.82) is 0 Å². The van der Waals surface area contributed by atoms with E-state index < -0.39 is 0 Å². The van der Waals surface area contributed by atoms with Crippen molar-refractivity contribution in [2.45, 2.75) is 0 Å². The Balaban J connectivity index is 2.05. The Morgan fingerprint density at radius 3 is 2.32 bits per heavy atom. The van der Waals surface area contributed by atoms with E-state index >= 15 is 0 Å². The zero-order valence-electron chi connectivity index (χ0n) is 9.99. The summed E-state index contributed by atoms with van der Waals surface area (Å²) in [5, 5.41) is 15.1. The third-order valence-electron chi connectivity index (χ3n) is 2.83. The van der Waals surface area contributed by atoms with Gasteiger partial charge in [0.1, 0.15) is 5.69 Å². The minimum Gasteiger partial charge on any atom is -0.504 e. The molecule has 1 N–H and O–H groups in total. The number of halogens is 1. The van der Waals surface area contributed by atoms with Gasteiger partial charge < -0.3 is 5.11 Å². The van der Waals surface area contributed by atoms with Gasteiger partial charge in [-0.3, -0.25) is 0 Å². The Morgan fingerprint density at radius 2 is 1.63 bits per heavy atom. The van der Waals surface area contributed by atoms with Gasteiger partial charge in [-0.15, -0.1) is 0 Å². The van der Waals surface area contributed by atoms with E-state index in [-0.39, 0.29) is 5.75 Å². The summed E-state index contributed by atoms with van der Waals surface area (Å²) in [5.41, 5.74) is 2.27. The largest absolute Gasteiger partial charge is 0.504 e. The predicted molar refractivity (Wildman–Crippen MR) is 75.7 cm³/mol. The number of aromatic nitrogens is 2. The van der Waals surface area contributed by atoms with Crippen molar-refractivity contribution in [3.63, 3.8) is 0 Å². The van der Waals surface area contributed by atoms with Crippen LogP contribution in [0.15, 0.2) is 60.8 Å². The molecule has 0 radical (unpaired) electrons. The molecular formula is C15H11ClN2O. The Hall–Kier alpha value is -2.26. The summed E-state index contributed by atoms with van der Waals surface area (Å²) >= 11 is 5.85. The van der Waals surface area contributed by atoms with Crippen molar-refractivity contribution in [3.05, 3.63) is 65.8 Å². The van der Waals surface area contributed by atoms with Crippen LogP contribution in [0.25, 0.3) is 16.9 Å². The lowest BCUT2D eigenvalue weighted by Crippen LogP contribution is -1.93. The minimum atomic E-state index is 0.145. The second-order valence-corrected chi connectivity index (χ2v) is 4.59. The van der Waals surface area contributed by atoms with E-state index in [0.717, 1.165) is 11.3 Å². The number of aromatic hydroxyl groups is 1. The maximum Gasteiger partial charge on any atom is 0.162 e. The molecule has 1 heterocycles. The van der Waals surface area contributed by atoms with Gasteiger partial charge in [0, 0.05) is 10.6 Å². The van der Waals surface area contributed by atoms with Crippen molar-refractivity contribution in [2.24, 2.45) is 0 Å². The van der Waals surface area contributed by atoms with E-state index in [1.165, 1.54) is 0 Å². The van der Waals surface area contributed by atoms with Crippen LogP contribution in [0.5, 0.6) is 5.75 Å². The van der Waals surface area contributed by atoms with Crippen LogP contribution in [0.2, 0.25) is 5.02 Å². The number of benzene rings is 2. The first-order valence-electron chi connectivity index (χ1n) is 5.84. The number of para-hydroxylation sites is 1. The van der Waals surface area contributed by atoms with Gasteiger partial charge in [-0.05, 0) is 24.3 Å². The highest BCUT2D eigenvalue weighted by atomic mass is 35.5. The maximum atomic E-state index is 10.00. The summed E-state index contributed by atoms with van der Waals surface area (Å²) in [6, 6.07) is 16.9. The lowest BCUT2D eigenvalue weighted by molar-refractivity contribution is 0.477. The fourth-order valence-corrected chi connectivity index (χ4v) is 2.02. The highest BCUT2D eigenvalue weighted by Gasteiger charge is 2.10. The normalized spacial score (nSPS) is 10.6. The van der Waals surface area contributed by atoms with Crippen molar-refractivity contribution < 1.29 is 5.11 Å². The van der Waals surface area contributed by atoms with Crippen LogP contribution < -0.4 is 0 Å². The molecule has 0 aliphatic rings. The molecule has 94 valence electrons. The van der Waals surface area contributed by atoms with E-state index in [0.29, 0.717) is 10.7 Å². The summed E-state index contributed by atoms with van der Waals surface area (Å²) in [6.45, 7) is 0. The standard InChI is InChI=1S/C15H11ClN2O/c16-12-8-6-11(7-9-12)15-14(19)10-18(17-15)13-4-2-1-3-5-13/h1-10,19H. The van der Waals surface area contributed by atoms with E-state index in [2.05, 4.69) is 5.10 Å². The third-order valence-corrected chi connectivity index (χ3v) is 3.09. The summed E-state index contributed by atoms with van der Waals surface area (Å²) in [7, 11) is 0. The molecule has 0 unspecified atom stereocenters. The number of nitrogens with zero attached hydrogens (tertiary/aromatic N) is 2. The van der Waals surface area contributed by atoms with Gasteiger partial charge >= 0.3 is 0 Å². The van der Waals surface area contributed by atoms with Gasteiger partial charge in [-0.25, -0.2) is 4.68 Å². The average molecular weight is 271 g/mol. The van der Waals surface area contributed by atoms with Gasteiger partial charge in [-0.1, -0.05) is 41.9 Å². The fourth-order valence-electron chi connectivity index (χ4n) is 1.89. The molecule has 2 aromatic carbocycles. The number of hydrogen-bond donors (Lipinski definition) is 1. The molecule has 1 aromatic heterocycles. The topological polar surface area (TPSA) is 38.0 Å². The monoisotopic (exact) mass is 270 g/mol. The van der Waals surface area contributed by atoms with Crippen molar-refractivity contribution >= 4 is 11.6 Å². The molecule has 0 aliphatic carbocycles. The molecule has 3 nitrogen and oxygen atoms in total. The first kappa shape index (κ1) is 11.8. The molecule has 0 saturated carbocycles. The molecule has 0 spiro atoms. The van der Waals surface area contributed by atoms with E-state index in [1.807, 2.05) is 42.5 Å². The van der Waals surface area contributed by atoms with Crippen LogP contribution in [-0.4, -0.2) is 14.9 Å². The van der Waals surface area contributed by atoms with E-state index in [1.54, 1.807) is 23.0 Å². The second kappa shape index (κ2) is 4.78. The third kappa shape index (κ3) is 2.33. The molecule has 0 aliphatic heterocycles. The molecule has 0 bridgehead atoms. The quantitative estimate of drug-likeness (QED) is 0.767. The lowest BCUT2D eigenvalue weighted by Gasteiger charge is -2.00. The summed E-state index contributed by atoms with van der Waals surface area (Å²) in [6.07, 6.45) is 1.60. The molecule has 3 aromatic rings. The Kier molecular flexibility index (Phi) is 2.97. The van der Waals surface area contributed by atoms with E-state index in [4.69, 9.17) is 11.6 Å². The van der Waals surface area contributed by atoms with Crippen molar-refractivity contribution in [1.82, 2.24) is 9.78 Å².